The van der Waals surface area contributed by atoms with E-state index in [0.717, 1.165) is 0 Å². The van der Waals surface area contributed by atoms with Crippen LogP contribution in [0.25, 0.3) is 0 Å². The van der Waals surface area contributed by atoms with Gasteiger partial charge in [-0.1, -0.05) is 26.0 Å². The Hall–Kier alpha value is -1.59. The van der Waals surface area contributed by atoms with Gasteiger partial charge in [-0.15, -0.1) is 12.4 Å². The molecular formula is C13H19ClN2O3. The highest BCUT2D eigenvalue weighted by Gasteiger charge is 2.17. The molecule has 0 unspecified atom stereocenters. The van der Waals surface area contributed by atoms with Gasteiger partial charge in [0.2, 0.25) is 5.91 Å². The second-order valence-electron chi connectivity index (χ2n) is 4.58. The molecule has 6 heteroatoms. The standard InChI is InChI=1S/C13H18N2O3.ClH/c1-8(2)7-10(14)12(16)15-11-6-4-3-5-9(11)13(17)18;/h3-6,8,10H,7,14H2,1-2H3,(H,15,16)(H,17,18);1H/t10-;/m0./s1. The molecule has 0 aliphatic carbocycles. The number of carbonyl (C=O) groups is 2. The molecule has 1 atom stereocenters. The Balaban J connectivity index is 0.00000324. The fraction of sp³-hybridized carbons (Fsp3) is 0.385. The third-order valence-corrected chi connectivity index (χ3v) is 2.48. The van der Waals surface area contributed by atoms with E-state index < -0.39 is 12.0 Å². The van der Waals surface area contributed by atoms with E-state index in [0.29, 0.717) is 12.3 Å². The number of hydrogen-bond donors (Lipinski definition) is 3. The van der Waals surface area contributed by atoms with Crippen molar-refractivity contribution in [2.24, 2.45) is 11.7 Å². The van der Waals surface area contributed by atoms with Gasteiger partial charge in [0.05, 0.1) is 17.3 Å². The van der Waals surface area contributed by atoms with Crippen molar-refractivity contribution in [3.8, 4) is 0 Å². The van der Waals surface area contributed by atoms with Crippen molar-refractivity contribution in [1.82, 2.24) is 0 Å². The number of carboxylic acids is 1. The van der Waals surface area contributed by atoms with Crippen LogP contribution in [0.4, 0.5) is 5.69 Å². The van der Waals surface area contributed by atoms with Gasteiger partial charge in [0.25, 0.3) is 0 Å². The highest BCUT2D eigenvalue weighted by Crippen LogP contribution is 2.15. The molecule has 4 N–H and O–H groups in total. The number of rotatable bonds is 5. The van der Waals surface area contributed by atoms with Crippen LogP contribution < -0.4 is 11.1 Å². The Bertz CT molecular complexity index is 449. The van der Waals surface area contributed by atoms with Crippen LogP contribution in [0.15, 0.2) is 24.3 Å². The van der Waals surface area contributed by atoms with Gasteiger partial charge in [-0.2, -0.15) is 0 Å². The minimum atomic E-state index is -1.08. The molecule has 1 amide bonds. The molecule has 5 nitrogen and oxygen atoms in total. The maximum absolute atomic E-state index is 11.8. The summed E-state index contributed by atoms with van der Waals surface area (Å²) < 4.78 is 0. The average molecular weight is 287 g/mol. The molecule has 0 aliphatic rings. The van der Waals surface area contributed by atoms with Gasteiger partial charge in [-0.05, 0) is 24.5 Å². The SMILES string of the molecule is CC(C)C[C@H](N)C(=O)Nc1ccccc1C(=O)O.Cl. The quantitative estimate of drug-likeness (QED) is 0.773. The molecular weight excluding hydrogens is 268 g/mol. The smallest absolute Gasteiger partial charge is 0.337 e. The van der Waals surface area contributed by atoms with Gasteiger partial charge < -0.3 is 16.2 Å². The fourth-order valence-electron chi connectivity index (χ4n) is 1.62. The number of anilines is 1. The highest BCUT2D eigenvalue weighted by atomic mass is 35.5. The van der Waals surface area contributed by atoms with Gasteiger partial charge >= 0.3 is 5.97 Å². The number of carbonyl (C=O) groups excluding carboxylic acids is 1. The van der Waals surface area contributed by atoms with Crippen LogP contribution in [0, 0.1) is 5.92 Å². The third kappa shape index (κ3) is 5.28. The van der Waals surface area contributed by atoms with Gasteiger partial charge in [0, 0.05) is 0 Å². The summed E-state index contributed by atoms with van der Waals surface area (Å²) in [4.78, 5) is 22.8. The van der Waals surface area contributed by atoms with Crippen LogP contribution in [0.2, 0.25) is 0 Å². The lowest BCUT2D eigenvalue weighted by molar-refractivity contribution is -0.117. The Morgan fingerprint density at radius 1 is 1.32 bits per heavy atom. The molecule has 0 aliphatic heterocycles. The molecule has 0 spiro atoms. The minimum Gasteiger partial charge on any atom is -0.478 e. The number of amides is 1. The molecule has 106 valence electrons. The van der Waals surface area contributed by atoms with Crippen molar-refractivity contribution in [2.75, 3.05) is 5.32 Å². The van der Waals surface area contributed by atoms with Crippen LogP contribution in [-0.2, 0) is 4.79 Å². The first-order chi connectivity index (χ1) is 8.41. The van der Waals surface area contributed by atoms with Gasteiger partial charge in [-0.25, -0.2) is 4.79 Å². The molecule has 1 rings (SSSR count). The van der Waals surface area contributed by atoms with Crippen molar-refractivity contribution in [1.29, 1.82) is 0 Å². The van der Waals surface area contributed by atoms with Crippen molar-refractivity contribution in [2.45, 2.75) is 26.3 Å². The number of nitrogens with two attached hydrogens (primary N) is 1. The zero-order valence-corrected chi connectivity index (χ0v) is 11.7. The van der Waals surface area contributed by atoms with Crippen molar-refractivity contribution in [3.63, 3.8) is 0 Å². The van der Waals surface area contributed by atoms with E-state index >= 15 is 0 Å². The molecule has 0 saturated carbocycles. The number of para-hydroxylation sites is 1. The van der Waals surface area contributed by atoms with E-state index in [1.54, 1.807) is 18.2 Å². The van der Waals surface area contributed by atoms with Crippen molar-refractivity contribution < 1.29 is 14.7 Å². The monoisotopic (exact) mass is 286 g/mol. The Morgan fingerprint density at radius 3 is 2.42 bits per heavy atom. The summed E-state index contributed by atoms with van der Waals surface area (Å²) in [5.74, 6) is -1.14. The average Bonchev–Trinajstić information content (AvgIpc) is 2.28. The third-order valence-electron chi connectivity index (χ3n) is 2.48. The molecule has 19 heavy (non-hydrogen) atoms. The summed E-state index contributed by atoms with van der Waals surface area (Å²) >= 11 is 0. The molecule has 1 aromatic carbocycles. The Labute approximate surface area is 118 Å². The predicted molar refractivity (Wildman–Crippen MR) is 76.7 cm³/mol. The van der Waals surface area contributed by atoms with Crippen LogP contribution in [0.5, 0.6) is 0 Å². The molecule has 0 fully saturated rings. The van der Waals surface area contributed by atoms with Gasteiger partial charge in [-0.3, -0.25) is 4.79 Å². The second kappa shape index (κ2) is 7.76. The molecule has 0 aromatic heterocycles. The number of benzene rings is 1. The van der Waals surface area contributed by atoms with Gasteiger partial charge in [0.1, 0.15) is 0 Å². The topological polar surface area (TPSA) is 92.4 Å². The molecule has 0 bridgehead atoms. The highest BCUT2D eigenvalue weighted by molar-refractivity contribution is 6.02. The Morgan fingerprint density at radius 2 is 1.89 bits per heavy atom. The van der Waals surface area contributed by atoms with Crippen LogP contribution in [0.1, 0.15) is 30.6 Å². The van der Waals surface area contributed by atoms with E-state index in [2.05, 4.69) is 5.32 Å². The fourth-order valence-corrected chi connectivity index (χ4v) is 1.62. The van der Waals surface area contributed by atoms with E-state index in [4.69, 9.17) is 10.8 Å². The van der Waals surface area contributed by atoms with Crippen molar-refractivity contribution in [3.05, 3.63) is 29.8 Å². The first kappa shape index (κ1) is 17.4. The molecule has 0 heterocycles. The first-order valence-corrected chi connectivity index (χ1v) is 5.80. The number of carboxylic acid groups (broad SMARTS) is 1. The number of aromatic carboxylic acids is 1. The Kier molecular flexibility index (Phi) is 7.11. The second-order valence-corrected chi connectivity index (χ2v) is 4.58. The number of nitrogens with one attached hydrogen (secondary N) is 1. The van der Waals surface area contributed by atoms with Gasteiger partial charge in [0.15, 0.2) is 0 Å². The zero-order chi connectivity index (χ0) is 13.7. The summed E-state index contributed by atoms with van der Waals surface area (Å²) in [6.07, 6.45) is 0.557. The summed E-state index contributed by atoms with van der Waals surface area (Å²) in [5.41, 5.74) is 6.06. The van der Waals surface area contributed by atoms with Crippen molar-refractivity contribution >= 4 is 30.0 Å². The van der Waals surface area contributed by atoms with Crippen LogP contribution in [-0.4, -0.2) is 23.0 Å². The maximum atomic E-state index is 11.8. The lowest BCUT2D eigenvalue weighted by Gasteiger charge is -2.15. The minimum absolute atomic E-state index is 0. The lowest BCUT2D eigenvalue weighted by atomic mass is 10.0. The summed E-state index contributed by atoms with van der Waals surface area (Å²) in [6, 6.07) is 5.62. The molecule has 0 radical (unpaired) electrons. The summed E-state index contributed by atoms with van der Waals surface area (Å²) in [5, 5.41) is 11.5. The zero-order valence-electron chi connectivity index (χ0n) is 10.9. The number of hydrogen-bond acceptors (Lipinski definition) is 3. The summed E-state index contributed by atoms with van der Waals surface area (Å²) in [6.45, 7) is 3.94. The van der Waals surface area contributed by atoms with E-state index in [-0.39, 0.29) is 29.6 Å². The summed E-state index contributed by atoms with van der Waals surface area (Å²) in [7, 11) is 0. The molecule has 0 saturated heterocycles. The van der Waals surface area contributed by atoms with E-state index in [1.807, 2.05) is 13.8 Å². The van der Waals surface area contributed by atoms with E-state index in [9.17, 15) is 9.59 Å². The number of halogens is 1. The maximum Gasteiger partial charge on any atom is 0.337 e. The lowest BCUT2D eigenvalue weighted by Crippen LogP contribution is -2.37. The molecule has 1 aromatic rings. The van der Waals surface area contributed by atoms with E-state index in [1.165, 1.54) is 6.07 Å². The normalized spacial score (nSPS) is 11.6. The van der Waals surface area contributed by atoms with Crippen LogP contribution >= 0.6 is 12.4 Å². The predicted octanol–water partition coefficient (Wildman–Crippen LogP) is 2.12. The first-order valence-electron chi connectivity index (χ1n) is 5.80. The largest absolute Gasteiger partial charge is 0.478 e. The van der Waals surface area contributed by atoms with Crippen LogP contribution in [0.3, 0.4) is 0 Å².